The number of nitrogen functional groups attached to an aromatic ring is 1. The second kappa shape index (κ2) is 6.51. The second-order valence-corrected chi connectivity index (χ2v) is 6.52. The number of methoxy groups -OCH3 is 1. The van der Waals surface area contributed by atoms with Crippen LogP contribution in [0, 0.1) is 12.7 Å². The fourth-order valence-corrected chi connectivity index (χ4v) is 3.92. The SMILES string of the molecule is CCN(C(C)COC)S(=O)(=O)c1cc(N)cc(C)c1F. The summed E-state index contributed by atoms with van der Waals surface area (Å²) in [5, 5.41) is 0. The summed E-state index contributed by atoms with van der Waals surface area (Å²) in [6, 6.07) is 2.17. The minimum Gasteiger partial charge on any atom is -0.399 e. The van der Waals surface area contributed by atoms with E-state index >= 15 is 0 Å². The molecule has 0 amide bonds. The summed E-state index contributed by atoms with van der Waals surface area (Å²) in [6.45, 7) is 5.35. The summed E-state index contributed by atoms with van der Waals surface area (Å²) in [5.41, 5.74) is 6.05. The molecule has 5 nitrogen and oxygen atoms in total. The standard InChI is InChI=1S/C13H21FN2O3S/c1-5-16(10(3)8-19-4)20(17,18)12-7-11(15)6-9(2)13(12)14/h6-7,10H,5,8,15H2,1-4H3. The minimum atomic E-state index is -3.95. The van der Waals surface area contributed by atoms with Crippen LogP contribution in [-0.4, -0.2) is 39.0 Å². The molecule has 20 heavy (non-hydrogen) atoms. The molecule has 0 heterocycles. The van der Waals surface area contributed by atoms with E-state index in [1.165, 1.54) is 24.4 Å². The Bertz CT molecular complexity index is 575. The van der Waals surface area contributed by atoms with Crippen molar-refractivity contribution in [3.8, 4) is 0 Å². The first-order chi connectivity index (χ1) is 9.25. The number of nitrogens with two attached hydrogens (primary N) is 1. The third kappa shape index (κ3) is 3.28. The van der Waals surface area contributed by atoms with Crippen molar-refractivity contribution in [3.05, 3.63) is 23.5 Å². The molecule has 2 N–H and O–H groups in total. The molecule has 0 fully saturated rings. The van der Waals surface area contributed by atoms with Crippen molar-refractivity contribution in [3.63, 3.8) is 0 Å². The first-order valence-corrected chi connectivity index (χ1v) is 7.76. The number of likely N-dealkylation sites (N-methyl/N-ethyl adjacent to an activating group) is 1. The van der Waals surface area contributed by atoms with Crippen LogP contribution >= 0.6 is 0 Å². The molecule has 0 aliphatic rings. The van der Waals surface area contributed by atoms with E-state index in [9.17, 15) is 12.8 Å². The van der Waals surface area contributed by atoms with Crippen LogP contribution in [0.5, 0.6) is 0 Å². The highest BCUT2D eigenvalue weighted by Crippen LogP contribution is 2.25. The minimum absolute atomic E-state index is 0.207. The number of hydrogen-bond donors (Lipinski definition) is 1. The van der Waals surface area contributed by atoms with E-state index in [1.807, 2.05) is 0 Å². The van der Waals surface area contributed by atoms with E-state index in [-0.39, 0.29) is 29.3 Å². The normalized spacial score (nSPS) is 13.7. The van der Waals surface area contributed by atoms with E-state index in [0.717, 1.165) is 6.07 Å². The van der Waals surface area contributed by atoms with Gasteiger partial charge >= 0.3 is 0 Å². The van der Waals surface area contributed by atoms with E-state index in [4.69, 9.17) is 10.5 Å². The maximum absolute atomic E-state index is 14.1. The molecule has 0 spiro atoms. The van der Waals surface area contributed by atoms with Gasteiger partial charge in [-0.15, -0.1) is 0 Å². The Morgan fingerprint density at radius 3 is 2.55 bits per heavy atom. The molecule has 1 aromatic rings. The van der Waals surface area contributed by atoms with Crippen LogP contribution in [0.2, 0.25) is 0 Å². The molecule has 0 aromatic heterocycles. The Kier molecular flexibility index (Phi) is 5.50. The van der Waals surface area contributed by atoms with Crippen molar-refractivity contribution in [2.24, 2.45) is 0 Å². The van der Waals surface area contributed by atoms with Gasteiger partial charge in [-0.1, -0.05) is 6.92 Å². The van der Waals surface area contributed by atoms with Gasteiger partial charge in [0.15, 0.2) is 0 Å². The highest BCUT2D eigenvalue weighted by atomic mass is 32.2. The molecule has 0 saturated carbocycles. The number of halogens is 1. The van der Waals surface area contributed by atoms with Gasteiger partial charge in [-0.25, -0.2) is 12.8 Å². The molecule has 0 aliphatic carbocycles. The quantitative estimate of drug-likeness (QED) is 0.813. The fraction of sp³-hybridized carbons (Fsp3) is 0.538. The number of ether oxygens (including phenoxy) is 1. The monoisotopic (exact) mass is 304 g/mol. The molecule has 1 aromatic carbocycles. The molecule has 7 heteroatoms. The number of anilines is 1. The van der Waals surface area contributed by atoms with Gasteiger partial charge in [-0.3, -0.25) is 0 Å². The van der Waals surface area contributed by atoms with E-state index in [0.29, 0.717) is 0 Å². The summed E-state index contributed by atoms with van der Waals surface area (Å²) >= 11 is 0. The number of sulfonamides is 1. The Hall–Kier alpha value is -1.18. The van der Waals surface area contributed by atoms with Crippen molar-refractivity contribution in [1.82, 2.24) is 4.31 Å². The number of rotatable bonds is 6. The van der Waals surface area contributed by atoms with Gasteiger partial charge in [-0.05, 0) is 31.5 Å². The van der Waals surface area contributed by atoms with Crippen molar-refractivity contribution >= 4 is 15.7 Å². The molecule has 0 radical (unpaired) electrons. The molecule has 0 aliphatic heterocycles. The first kappa shape index (κ1) is 16.9. The van der Waals surface area contributed by atoms with Gasteiger partial charge in [0.25, 0.3) is 0 Å². The predicted molar refractivity (Wildman–Crippen MR) is 76.5 cm³/mol. The van der Waals surface area contributed by atoms with Crippen LogP contribution < -0.4 is 5.73 Å². The maximum atomic E-state index is 14.1. The average molecular weight is 304 g/mol. The van der Waals surface area contributed by atoms with Gasteiger partial charge in [0, 0.05) is 25.4 Å². The van der Waals surface area contributed by atoms with Gasteiger partial charge in [-0.2, -0.15) is 4.31 Å². The number of benzene rings is 1. The van der Waals surface area contributed by atoms with Crippen LogP contribution in [0.1, 0.15) is 19.4 Å². The van der Waals surface area contributed by atoms with Gasteiger partial charge in [0.2, 0.25) is 10.0 Å². The van der Waals surface area contributed by atoms with Crippen LogP contribution in [0.3, 0.4) is 0 Å². The molecule has 1 unspecified atom stereocenters. The molecule has 1 rings (SSSR count). The lowest BCUT2D eigenvalue weighted by Gasteiger charge is -2.27. The lowest BCUT2D eigenvalue weighted by molar-refractivity contribution is 0.142. The predicted octanol–water partition coefficient (Wildman–Crippen LogP) is 1.76. The number of nitrogens with zero attached hydrogens (tertiary/aromatic N) is 1. The van der Waals surface area contributed by atoms with Crippen molar-refractivity contribution in [1.29, 1.82) is 0 Å². The molecule has 0 saturated heterocycles. The van der Waals surface area contributed by atoms with Crippen LogP contribution in [0.15, 0.2) is 17.0 Å². The third-order valence-corrected chi connectivity index (χ3v) is 5.13. The summed E-state index contributed by atoms with van der Waals surface area (Å²) in [7, 11) is -2.46. The van der Waals surface area contributed by atoms with Gasteiger partial charge in [0.05, 0.1) is 6.61 Å². The van der Waals surface area contributed by atoms with Crippen molar-refractivity contribution in [2.45, 2.75) is 31.7 Å². The second-order valence-electron chi connectivity index (χ2n) is 4.66. The van der Waals surface area contributed by atoms with Crippen LogP contribution in [0.4, 0.5) is 10.1 Å². The third-order valence-electron chi connectivity index (χ3n) is 3.04. The Labute approximate surface area is 119 Å². The zero-order valence-corrected chi connectivity index (χ0v) is 13.0. The summed E-state index contributed by atoms with van der Waals surface area (Å²) in [6.07, 6.45) is 0. The molecular weight excluding hydrogens is 283 g/mol. The lowest BCUT2D eigenvalue weighted by atomic mass is 10.2. The maximum Gasteiger partial charge on any atom is 0.246 e. The van der Waals surface area contributed by atoms with E-state index in [1.54, 1.807) is 13.8 Å². The highest BCUT2D eigenvalue weighted by Gasteiger charge is 2.31. The van der Waals surface area contributed by atoms with Crippen LogP contribution in [-0.2, 0) is 14.8 Å². The molecule has 1 atom stereocenters. The molecule has 114 valence electrons. The molecular formula is C13H21FN2O3S. The zero-order chi connectivity index (χ0) is 15.5. The topological polar surface area (TPSA) is 72.6 Å². The van der Waals surface area contributed by atoms with E-state index < -0.39 is 21.9 Å². The lowest BCUT2D eigenvalue weighted by Crippen LogP contribution is -2.41. The van der Waals surface area contributed by atoms with E-state index in [2.05, 4.69) is 0 Å². The Balaban J connectivity index is 3.35. The fourth-order valence-electron chi connectivity index (χ4n) is 2.12. The molecule has 0 bridgehead atoms. The average Bonchev–Trinajstić information content (AvgIpc) is 2.34. The van der Waals surface area contributed by atoms with Gasteiger partial charge in [0.1, 0.15) is 10.7 Å². The Morgan fingerprint density at radius 2 is 2.05 bits per heavy atom. The smallest absolute Gasteiger partial charge is 0.246 e. The summed E-state index contributed by atoms with van der Waals surface area (Å²) in [4.78, 5) is -0.389. The number of aryl methyl sites for hydroxylation is 1. The first-order valence-electron chi connectivity index (χ1n) is 6.32. The highest BCUT2D eigenvalue weighted by molar-refractivity contribution is 7.89. The van der Waals surface area contributed by atoms with Crippen molar-refractivity contribution in [2.75, 3.05) is 26.0 Å². The summed E-state index contributed by atoms with van der Waals surface area (Å²) < 4.78 is 45.5. The Morgan fingerprint density at radius 1 is 1.45 bits per heavy atom. The number of hydrogen-bond acceptors (Lipinski definition) is 4. The van der Waals surface area contributed by atoms with Crippen LogP contribution in [0.25, 0.3) is 0 Å². The van der Waals surface area contributed by atoms with Gasteiger partial charge < -0.3 is 10.5 Å². The van der Waals surface area contributed by atoms with Crippen molar-refractivity contribution < 1.29 is 17.5 Å². The zero-order valence-electron chi connectivity index (χ0n) is 12.2. The largest absolute Gasteiger partial charge is 0.399 e. The summed E-state index contributed by atoms with van der Waals surface area (Å²) in [5.74, 6) is -0.762.